The summed E-state index contributed by atoms with van der Waals surface area (Å²) in [5, 5.41) is 19.1. The Morgan fingerprint density at radius 2 is 1.95 bits per heavy atom. The molecule has 0 radical (unpaired) electrons. The molecule has 1 aliphatic rings. The molecule has 0 aromatic heterocycles. The van der Waals surface area contributed by atoms with Crippen molar-refractivity contribution in [3.8, 4) is 11.5 Å². The maximum Gasteiger partial charge on any atom is 0.243 e. The van der Waals surface area contributed by atoms with E-state index in [0.29, 0.717) is 17.9 Å². The van der Waals surface area contributed by atoms with Crippen LogP contribution in [0.25, 0.3) is 0 Å². The molecule has 7 nitrogen and oxygen atoms in total. The van der Waals surface area contributed by atoms with Crippen LogP contribution in [0.1, 0.15) is 6.42 Å². The fourth-order valence-electron chi connectivity index (χ4n) is 2.51. The van der Waals surface area contributed by atoms with Gasteiger partial charge in [0.05, 0.1) is 25.2 Å². The minimum Gasteiger partial charge on any atom is -0.493 e. The predicted octanol–water partition coefficient (Wildman–Crippen LogP) is 0.0676. The van der Waals surface area contributed by atoms with Crippen LogP contribution in [0.3, 0.4) is 0 Å². The highest BCUT2D eigenvalue weighted by Crippen LogP contribution is 2.31. The summed E-state index contributed by atoms with van der Waals surface area (Å²) in [5.74, 6) is 0.492. The number of piperidine rings is 1. The number of hydrogen-bond donors (Lipinski definition) is 2. The molecule has 8 heteroatoms. The van der Waals surface area contributed by atoms with Gasteiger partial charge in [0.1, 0.15) is 0 Å². The van der Waals surface area contributed by atoms with Crippen LogP contribution in [-0.4, -0.2) is 63.0 Å². The Hall–Kier alpha value is -1.35. The lowest BCUT2D eigenvalue weighted by Gasteiger charge is -2.34. The first-order valence-corrected chi connectivity index (χ1v) is 8.39. The van der Waals surface area contributed by atoms with E-state index in [9.17, 15) is 13.5 Å². The van der Waals surface area contributed by atoms with Gasteiger partial charge in [-0.2, -0.15) is 4.31 Å². The van der Waals surface area contributed by atoms with Crippen molar-refractivity contribution in [1.29, 1.82) is 0 Å². The molecule has 1 aliphatic heterocycles. The van der Waals surface area contributed by atoms with E-state index < -0.39 is 16.1 Å². The van der Waals surface area contributed by atoms with Gasteiger partial charge in [-0.15, -0.1) is 0 Å². The van der Waals surface area contributed by atoms with Gasteiger partial charge in [0.2, 0.25) is 10.0 Å². The molecule has 0 aliphatic carbocycles. The molecular formula is C14H21NO6S. The maximum atomic E-state index is 12.7. The van der Waals surface area contributed by atoms with Gasteiger partial charge in [0.25, 0.3) is 0 Å². The van der Waals surface area contributed by atoms with Crippen molar-refractivity contribution >= 4 is 10.0 Å². The molecule has 1 aromatic rings. The number of aliphatic hydroxyl groups is 2. The lowest BCUT2D eigenvalue weighted by molar-refractivity contribution is 0.0222. The minimum absolute atomic E-state index is 0.0259. The Bertz CT molecular complexity index is 618. The summed E-state index contributed by atoms with van der Waals surface area (Å²) < 4.78 is 36.7. The summed E-state index contributed by atoms with van der Waals surface area (Å²) in [6.45, 7) is 0.0896. The largest absolute Gasteiger partial charge is 0.493 e. The maximum absolute atomic E-state index is 12.7. The number of benzene rings is 1. The molecule has 1 heterocycles. The Morgan fingerprint density at radius 1 is 1.27 bits per heavy atom. The van der Waals surface area contributed by atoms with Gasteiger partial charge >= 0.3 is 0 Å². The van der Waals surface area contributed by atoms with Crippen LogP contribution in [0.15, 0.2) is 23.1 Å². The van der Waals surface area contributed by atoms with E-state index in [-0.39, 0.29) is 30.5 Å². The molecule has 1 fully saturated rings. The average Bonchev–Trinajstić information content (AvgIpc) is 2.53. The first-order valence-electron chi connectivity index (χ1n) is 6.95. The molecule has 124 valence electrons. The van der Waals surface area contributed by atoms with Gasteiger partial charge in [0, 0.05) is 31.7 Å². The highest BCUT2D eigenvalue weighted by atomic mass is 32.2. The third-order valence-corrected chi connectivity index (χ3v) is 5.77. The van der Waals surface area contributed by atoms with Crippen molar-refractivity contribution in [3.63, 3.8) is 0 Å². The number of sulfonamides is 1. The fourth-order valence-corrected chi connectivity index (χ4v) is 4.00. The van der Waals surface area contributed by atoms with Crippen LogP contribution >= 0.6 is 0 Å². The van der Waals surface area contributed by atoms with Gasteiger partial charge in [-0.3, -0.25) is 0 Å². The Kier molecular flexibility index (Phi) is 5.28. The normalized spacial score (nSPS) is 23.3. The first kappa shape index (κ1) is 17.0. The van der Waals surface area contributed by atoms with Gasteiger partial charge in [-0.05, 0) is 18.6 Å². The molecular weight excluding hydrogens is 310 g/mol. The Balaban J connectivity index is 2.27. The van der Waals surface area contributed by atoms with Crippen molar-refractivity contribution in [2.75, 3.05) is 33.9 Å². The molecule has 0 spiro atoms. The number of methoxy groups -OCH3 is 2. The SMILES string of the molecule is COc1ccc(S(=O)(=O)N2CC[C@H](CO)[C@H](O)C2)cc1OC. The molecule has 0 saturated carbocycles. The lowest BCUT2D eigenvalue weighted by Crippen LogP contribution is -2.47. The summed E-state index contributed by atoms with van der Waals surface area (Å²) in [4.78, 5) is 0.0831. The van der Waals surface area contributed by atoms with E-state index in [1.165, 1.54) is 36.7 Å². The standard InChI is InChI=1S/C14H21NO6S/c1-20-13-4-3-11(7-14(13)21-2)22(18,19)15-6-5-10(9-16)12(17)8-15/h3-4,7,10,12,16-17H,5-6,8-9H2,1-2H3/t10-,12-/m1/s1. The second-order valence-electron chi connectivity index (χ2n) is 5.18. The number of β-amino-alcohol motifs (C(OH)–C–C–N with tert-alkyl or cyclic N) is 1. The highest BCUT2D eigenvalue weighted by Gasteiger charge is 2.34. The quantitative estimate of drug-likeness (QED) is 0.792. The topological polar surface area (TPSA) is 96.3 Å². The fraction of sp³-hybridized carbons (Fsp3) is 0.571. The summed E-state index contributed by atoms with van der Waals surface area (Å²) in [6.07, 6.45) is -0.446. The third-order valence-electron chi connectivity index (χ3n) is 3.91. The summed E-state index contributed by atoms with van der Waals surface area (Å²) in [5.41, 5.74) is 0. The van der Waals surface area contributed by atoms with Crippen molar-refractivity contribution in [1.82, 2.24) is 4.31 Å². The predicted molar refractivity (Wildman–Crippen MR) is 79.5 cm³/mol. The van der Waals surface area contributed by atoms with Crippen molar-refractivity contribution in [2.24, 2.45) is 5.92 Å². The molecule has 2 N–H and O–H groups in total. The van der Waals surface area contributed by atoms with E-state index in [4.69, 9.17) is 14.6 Å². The monoisotopic (exact) mass is 331 g/mol. The summed E-state index contributed by atoms with van der Waals surface area (Å²) in [7, 11) is -0.819. The molecule has 2 atom stereocenters. The number of ether oxygens (including phenoxy) is 2. The van der Waals surface area contributed by atoms with Crippen LogP contribution in [0.2, 0.25) is 0 Å². The van der Waals surface area contributed by atoms with Crippen molar-refractivity contribution in [2.45, 2.75) is 17.4 Å². The van der Waals surface area contributed by atoms with Crippen molar-refractivity contribution < 1.29 is 28.1 Å². The Morgan fingerprint density at radius 3 is 2.50 bits per heavy atom. The average molecular weight is 331 g/mol. The van der Waals surface area contributed by atoms with Crippen LogP contribution < -0.4 is 9.47 Å². The zero-order valence-electron chi connectivity index (χ0n) is 12.6. The van der Waals surface area contributed by atoms with Crippen LogP contribution in [0.5, 0.6) is 11.5 Å². The Labute approximate surface area is 130 Å². The van der Waals surface area contributed by atoms with Crippen LogP contribution in [0, 0.1) is 5.92 Å². The molecule has 22 heavy (non-hydrogen) atoms. The molecule has 1 aromatic carbocycles. The van der Waals surface area contributed by atoms with Gasteiger partial charge in [0.15, 0.2) is 11.5 Å². The van der Waals surface area contributed by atoms with E-state index >= 15 is 0 Å². The number of nitrogens with zero attached hydrogens (tertiary/aromatic N) is 1. The number of aliphatic hydroxyl groups excluding tert-OH is 2. The molecule has 0 bridgehead atoms. The van der Waals surface area contributed by atoms with Gasteiger partial charge in [-0.25, -0.2) is 8.42 Å². The van der Waals surface area contributed by atoms with E-state index in [2.05, 4.69) is 0 Å². The summed E-state index contributed by atoms with van der Waals surface area (Å²) in [6, 6.07) is 4.38. The van der Waals surface area contributed by atoms with Gasteiger partial charge in [-0.1, -0.05) is 0 Å². The summed E-state index contributed by atoms with van der Waals surface area (Å²) >= 11 is 0. The third kappa shape index (κ3) is 3.19. The van der Waals surface area contributed by atoms with E-state index in [1.54, 1.807) is 0 Å². The van der Waals surface area contributed by atoms with Crippen molar-refractivity contribution in [3.05, 3.63) is 18.2 Å². The number of hydrogen-bond acceptors (Lipinski definition) is 6. The second-order valence-corrected chi connectivity index (χ2v) is 7.12. The van der Waals surface area contributed by atoms with E-state index in [0.717, 1.165) is 0 Å². The first-order chi connectivity index (χ1) is 10.4. The zero-order chi connectivity index (χ0) is 16.3. The second kappa shape index (κ2) is 6.82. The van der Waals surface area contributed by atoms with Crippen LogP contribution in [0.4, 0.5) is 0 Å². The van der Waals surface area contributed by atoms with E-state index in [1.807, 2.05) is 0 Å². The van der Waals surface area contributed by atoms with Gasteiger partial charge < -0.3 is 19.7 Å². The molecule has 2 rings (SSSR count). The van der Waals surface area contributed by atoms with Crippen LogP contribution in [-0.2, 0) is 10.0 Å². The zero-order valence-corrected chi connectivity index (χ0v) is 13.4. The number of rotatable bonds is 5. The lowest BCUT2D eigenvalue weighted by atomic mass is 9.96. The smallest absolute Gasteiger partial charge is 0.243 e. The molecule has 0 unspecified atom stereocenters. The highest BCUT2D eigenvalue weighted by molar-refractivity contribution is 7.89. The minimum atomic E-state index is -3.73. The molecule has 0 amide bonds. The molecule has 1 saturated heterocycles.